The van der Waals surface area contributed by atoms with Crippen molar-refractivity contribution >= 4 is 23.1 Å². The summed E-state index contributed by atoms with van der Waals surface area (Å²) >= 11 is 6.07. The molecule has 32 heavy (non-hydrogen) atoms. The molecule has 0 saturated carbocycles. The van der Waals surface area contributed by atoms with Gasteiger partial charge in [-0.15, -0.1) is 0 Å². The number of nitrogens with zero attached hydrogens (tertiary/aromatic N) is 4. The molecule has 2 aromatic heterocycles. The third-order valence-corrected chi connectivity index (χ3v) is 4.37. The Labute approximate surface area is 180 Å². The second kappa shape index (κ2) is 8.94. The van der Waals surface area contributed by atoms with E-state index < -0.39 is 58.1 Å². The zero-order valence-electron chi connectivity index (χ0n) is 15.6. The van der Waals surface area contributed by atoms with Crippen LogP contribution in [0.5, 0.6) is 0 Å². The van der Waals surface area contributed by atoms with Gasteiger partial charge < -0.3 is 5.32 Å². The molecule has 0 bridgehead atoms. The first-order valence-corrected chi connectivity index (χ1v) is 8.93. The Morgan fingerprint density at radius 1 is 1.06 bits per heavy atom. The van der Waals surface area contributed by atoms with Crippen LogP contribution in [0, 0.1) is 27.6 Å². The summed E-state index contributed by atoms with van der Waals surface area (Å²) < 4.78 is 79.5. The lowest BCUT2D eigenvalue weighted by atomic mass is 10.0. The van der Waals surface area contributed by atoms with E-state index >= 15 is 0 Å². The number of alkyl halides is 3. The van der Waals surface area contributed by atoms with Crippen molar-refractivity contribution in [2.75, 3.05) is 11.9 Å². The van der Waals surface area contributed by atoms with Crippen LogP contribution in [0.2, 0.25) is 5.15 Å². The number of aromatic nitrogens is 3. The number of hydrogen-bond donors (Lipinski definition) is 1. The van der Waals surface area contributed by atoms with Crippen LogP contribution >= 0.6 is 11.6 Å². The lowest BCUT2D eigenvalue weighted by molar-refractivity contribution is -0.385. The van der Waals surface area contributed by atoms with Crippen LogP contribution in [0.3, 0.4) is 0 Å². The summed E-state index contributed by atoms with van der Waals surface area (Å²) in [4.78, 5) is 21.6. The average Bonchev–Trinajstić information content (AvgIpc) is 2.69. The monoisotopic (exact) mass is 477 g/mol. The molecule has 0 saturated heterocycles. The maximum Gasteiger partial charge on any atom is 0.405 e. The van der Waals surface area contributed by atoms with Gasteiger partial charge >= 0.3 is 6.18 Å². The van der Waals surface area contributed by atoms with Crippen molar-refractivity contribution in [2.45, 2.75) is 12.6 Å². The molecule has 0 atom stereocenters. The van der Waals surface area contributed by atoms with Crippen molar-refractivity contribution in [1.82, 2.24) is 15.0 Å². The molecule has 168 valence electrons. The third kappa shape index (κ3) is 5.41. The van der Waals surface area contributed by atoms with Crippen molar-refractivity contribution in [3.05, 3.63) is 74.3 Å². The van der Waals surface area contributed by atoms with E-state index in [9.17, 15) is 36.5 Å². The molecule has 0 amide bonds. The van der Waals surface area contributed by atoms with Crippen LogP contribution in [0.4, 0.5) is 37.8 Å². The fourth-order valence-electron chi connectivity index (χ4n) is 2.60. The van der Waals surface area contributed by atoms with Crippen molar-refractivity contribution < 1.29 is 31.3 Å². The van der Waals surface area contributed by atoms with E-state index in [0.29, 0.717) is 12.1 Å². The molecule has 0 fully saturated rings. The highest BCUT2D eigenvalue weighted by Gasteiger charge is 2.28. The second-order valence-electron chi connectivity index (χ2n) is 6.32. The van der Waals surface area contributed by atoms with Crippen molar-refractivity contribution in [1.29, 1.82) is 0 Å². The molecule has 2 heterocycles. The van der Waals surface area contributed by atoms with Crippen LogP contribution < -0.4 is 5.32 Å². The number of nitro groups is 1. The van der Waals surface area contributed by atoms with E-state index in [1.807, 2.05) is 5.32 Å². The zero-order chi connectivity index (χ0) is 23.6. The molecule has 0 unspecified atom stereocenters. The Hall–Kier alpha value is -3.48. The molecule has 3 rings (SSSR count). The molecule has 0 spiro atoms. The molecule has 0 aliphatic carbocycles. The highest BCUT2D eigenvalue weighted by molar-refractivity contribution is 6.30. The van der Waals surface area contributed by atoms with Crippen LogP contribution in [-0.2, 0) is 6.42 Å². The zero-order valence-corrected chi connectivity index (χ0v) is 16.3. The molecule has 7 nitrogen and oxygen atoms in total. The minimum atomic E-state index is -4.67. The number of rotatable bonds is 6. The first-order valence-electron chi connectivity index (χ1n) is 8.56. The van der Waals surface area contributed by atoms with Gasteiger partial charge in [-0.2, -0.15) is 13.2 Å². The van der Waals surface area contributed by atoms with E-state index in [2.05, 4.69) is 15.0 Å². The number of hydrogen-bond acceptors (Lipinski definition) is 6. The maximum atomic E-state index is 14.1. The summed E-state index contributed by atoms with van der Waals surface area (Å²) in [6.07, 6.45) is -4.48. The summed E-state index contributed by atoms with van der Waals surface area (Å²) in [5.74, 6) is -4.53. The average molecular weight is 478 g/mol. The fourth-order valence-corrected chi connectivity index (χ4v) is 2.84. The standard InChI is InChI=1S/C18H10ClF6N5O2/c19-15-11(5-10-12(21)3-8(20)4-13(10)22)16(27-7-18(23,24)25)29-17(28-15)14-2-1-9(6-26-14)30(31)32/h1-4,6H,5,7H2,(H,27,28,29). The Bertz CT molecular complexity index is 1150. The second-order valence-corrected chi connectivity index (χ2v) is 6.68. The summed E-state index contributed by atoms with van der Waals surface area (Å²) in [5.41, 5.74) is -1.36. The number of pyridine rings is 1. The van der Waals surface area contributed by atoms with Crippen LogP contribution in [0.15, 0.2) is 30.5 Å². The van der Waals surface area contributed by atoms with Crippen LogP contribution in [-0.4, -0.2) is 32.6 Å². The maximum absolute atomic E-state index is 14.1. The molecule has 1 aromatic carbocycles. The minimum Gasteiger partial charge on any atom is -0.361 e. The summed E-state index contributed by atoms with van der Waals surface area (Å²) in [7, 11) is 0. The first-order chi connectivity index (χ1) is 14.9. The number of nitrogens with one attached hydrogen (secondary N) is 1. The molecule has 0 aliphatic heterocycles. The van der Waals surface area contributed by atoms with Gasteiger partial charge in [0.25, 0.3) is 5.69 Å². The Balaban J connectivity index is 2.07. The molecule has 3 aromatic rings. The van der Waals surface area contributed by atoms with Gasteiger partial charge in [0.1, 0.15) is 46.9 Å². The van der Waals surface area contributed by atoms with Crippen LogP contribution in [0.25, 0.3) is 11.5 Å². The van der Waals surface area contributed by atoms with Gasteiger partial charge in [-0.3, -0.25) is 10.1 Å². The number of anilines is 1. The normalized spacial score (nSPS) is 11.5. The molecule has 1 N–H and O–H groups in total. The van der Waals surface area contributed by atoms with E-state index in [4.69, 9.17) is 11.6 Å². The first kappa shape index (κ1) is 23.2. The summed E-state index contributed by atoms with van der Waals surface area (Å²) in [6.45, 7) is -1.56. The molecular formula is C18H10ClF6N5O2. The Morgan fingerprint density at radius 2 is 1.72 bits per heavy atom. The van der Waals surface area contributed by atoms with E-state index in [1.54, 1.807) is 0 Å². The van der Waals surface area contributed by atoms with Gasteiger partial charge in [-0.1, -0.05) is 11.6 Å². The van der Waals surface area contributed by atoms with Gasteiger partial charge in [-0.25, -0.2) is 28.1 Å². The molecule has 0 radical (unpaired) electrons. The van der Waals surface area contributed by atoms with Gasteiger partial charge in [0.15, 0.2) is 5.82 Å². The highest BCUT2D eigenvalue weighted by Crippen LogP contribution is 2.30. The predicted molar refractivity (Wildman–Crippen MR) is 101 cm³/mol. The largest absolute Gasteiger partial charge is 0.405 e. The van der Waals surface area contributed by atoms with Gasteiger partial charge in [0.05, 0.1) is 4.92 Å². The van der Waals surface area contributed by atoms with E-state index in [1.165, 1.54) is 0 Å². The van der Waals surface area contributed by atoms with E-state index in [-0.39, 0.29) is 22.8 Å². The predicted octanol–water partition coefficient (Wildman–Crippen LogP) is 5.08. The Morgan fingerprint density at radius 3 is 2.25 bits per heavy atom. The highest BCUT2D eigenvalue weighted by atomic mass is 35.5. The number of benzene rings is 1. The van der Waals surface area contributed by atoms with Gasteiger partial charge in [0, 0.05) is 35.7 Å². The van der Waals surface area contributed by atoms with Gasteiger partial charge in [0.2, 0.25) is 0 Å². The van der Waals surface area contributed by atoms with E-state index in [0.717, 1.165) is 18.3 Å². The van der Waals surface area contributed by atoms with Crippen molar-refractivity contribution in [3.63, 3.8) is 0 Å². The molecule has 14 heteroatoms. The van der Waals surface area contributed by atoms with Crippen LogP contribution in [0.1, 0.15) is 11.1 Å². The molecule has 0 aliphatic rings. The van der Waals surface area contributed by atoms with Gasteiger partial charge in [-0.05, 0) is 6.07 Å². The minimum absolute atomic E-state index is 0.0572. The number of halogens is 7. The topological polar surface area (TPSA) is 93.8 Å². The van der Waals surface area contributed by atoms with Crippen molar-refractivity contribution in [3.8, 4) is 11.5 Å². The third-order valence-electron chi connectivity index (χ3n) is 4.06. The Kier molecular flexibility index (Phi) is 6.48. The summed E-state index contributed by atoms with van der Waals surface area (Å²) in [6, 6.07) is 3.03. The SMILES string of the molecule is O=[N+]([O-])c1ccc(-c2nc(Cl)c(Cc3c(F)cc(F)cc3F)c(NCC(F)(F)F)n2)nc1. The van der Waals surface area contributed by atoms with Crippen molar-refractivity contribution in [2.24, 2.45) is 0 Å². The smallest absolute Gasteiger partial charge is 0.361 e. The molecular weight excluding hydrogens is 468 g/mol. The quantitative estimate of drug-likeness (QED) is 0.230. The fraction of sp³-hybridized carbons (Fsp3) is 0.167. The summed E-state index contributed by atoms with van der Waals surface area (Å²) in [5, 5.41) is 12.3. The lowest BCUT2D eigenvalue weighted by Gasteiger charge is -2.16. The lowest BCUT2D eigenvalue weighted by Crippen LogP contribution is -2.23.